The molecule has 3 heterocycles. The predicted octanol–water partition coefficient (Wildman–Crippen LogP) is 2.99. The second-order valence-corrected chi connectivity index (χ2v) is 6.43. The van der Waals surface area contributed by atoms with Crippen LogP contribution in [0.5, 0.6) is 0 Å². The predicted molar refractivity (Wildman–Crippen MR) is 85.8 cm³/mol. The maximum Gasteiger partial charge on any atom is 0.171 e. The molecule has 2 aliphatic heterocycles. The summed E-state index contributed by atoms with van der Waals surface area (Å²) in [5, 5.41) is 4.01. The summed E-state index contributed by atoms with van der Waals surface area (Å²) in [6.45, 7) is 6.33. The van der Waals surface area contributed by atoms with Gasteiger partial charge in [-0.05, 0) is 13.0 Å². The average Bonchev–Trinajstić information content (AvgIpc) is 3.20. The van der Waals surface area contributed by atoms with Gasteiger partial charge in [-0.1, -0.05) is 28.9 Å². The third-order valence-electron chi connectivity index (χ3n) is 4.75. The fourth-order valence-electron chi connectivity index (χ4n) is 3.48. The number of likely N-dealkylation sites (tertiary alicyclic amines) is 1. The number of hydrogen-bond acceptors (Lipinski definition) is 5. The van der Waals surface area contributed by atoms with Crippen LogP contribution in [0.4, 0.5) is 0 Å². The quantitative estimate of drug-likeness (QED) is 0.871. The SMILES string of the molecule is Cc1cccc(-c2oncc2CN2CCC3(CC2)OCCO3)c1. The van der Waals surface area contributed by atoms with Crippen LogP contribution in [0.25, 0.3) is 11.3 Å². The zero-order valence-electron chi connectivity index (χ0n) is 13.5. The van der Waals surface area contributed by atoms with Crippen molar-refractivity contribution in [1.29, 1.82) is 0 Å². The lowest BCUT2D eigenvalue weighted by Gasteiger charge is -2.37. The standard InChI is InChI=1S/C18H22N2O3/c1-14-3-2-4-15(11-14)17-16(12-19-23-17)13-20-7-5-18(6-8-20)21-9-10-22-18/h2-4,11-12H,5-10,13H2,1H3. The van der Waals surface area contributed by atoms with Crippen LogP contribution >= 0.6 is 0 Å². The van der Waals surface area contributed by atoms with Gasteiger partial charge in [0.15, 0.2) is 11.5 Å². The summed E-state index contributed by atoms with van der Waals surface area (Å²) >= 11 is 0. The highest BCUT2D eigenvalue weighted by molar-refractivity contribution is 5.61. The molecule has 5 heteroatoms. The Morgan fingerprint density at radius 1 is 1.17 bits per heavy atom. The first-order valence-corrected chi connectivity index (χ1v) is 8.25. The van der Waals surface area contributed by atoms with E-state index in [1.165, 1.54) is 5.56 Å². The van der Waals surface area contributed by atoms with E-state index in [0.717, 1.165) is 62.6 Å². The molecule has 0 saturated carbocycles. The lowest BCUT2D eigenvalue weighted by molar-refractivity contribution is -0.185. The number of aromatic nitrogens is 1. The van der Waals surface area contributed by atoms with Gasteiger partial charge in [-0.25, -0.2) is 0 Å². The van der Waals surface area contributed by atoms with Gasteiger partial charge in [0.1, 0.15) is 0 Å². The van der Waals surface area contributed by atoms with Crippen LogP contribution in [-0.4, -0.2) is 42.1 Å². The minimum atomic E-state index is -0.315. The second-order valence-electron chi connectivity index (χ2n) is 6.43. The van der Waals surface area contributed by atoms with Gasteiger partial charge in [0.25, 0.3) is 0 Å². The largest absolute Gasteiger partial charge is 0.356 e. The fourth-order valence-corrected chi connectivity index (χ4v) is 3.48. The van der Waals surface area contributed by atoms with E-state index in [0.29, 0.717) is 0 Å². The zero-order valence-corrected chi connectivity index (χ0v) is 13.5. The molecule has 0 radical (unpaired) electrons. The molecular weight excluding hydrogens is 292 g/mol. The molecule has 2 aromatic rings. The summed E-state index contributed by atoms with van der Waals surface area (Å²) in [4.78, 5) is 2.42. The van der Waals surface area contributed by atoms with Crippen molar-refractivity contribution >= 4 is 0 Å². The number of piperidine rings is 1. The van der Waals surface area contributed by atoms with E-state index in [1.807, 2.05) is 6.20 Å². The number of hydrogen-bond donors (Lipinski definition) is 0. The van der Waals surface area contributed by atoms with Crippen LogP contribution in [0.3, 0.4) is 0 Å². The first-order valence-electron chi connectivity index (χ1n) is 8.25. The normalized spacial score (nSPS) is 21.1. The van der Waals surface area contributed by atoms with Gasteiger partial charge >= 0.3 is 0 Å². The molecule has 1 spiro atoms. The van der Waals surface area contributed by atoms with Crippen LogP contribution in [0, 0.1) is 6.92 Å². The Morgan fingerprint density at radius 3 is 2.70 bits per heavy atom. The van der Waals surface area contributed by atoms with E-state index >= 15 is 0 Å². The fraction of sp³-hybridized carbons (Fsp3) is 0.500. The van der Waals surface area contributed by atoms with Crippen LogP contribution in [0.2, 0.25) is 0 Å². The molecule has 122 valence electrons. The Balaban J connectivity index is 1.45. The van der Waals surface area contributed by atoms with Gasteiger partial charge in [0, 0.05) is 43.6 Å². The van der Waals surface area contributed by atoms with Gasteiger partial charge < -0.3 is 14.0 Å². The van der Waals surface area contributed by atoms with Gasteiger partial charge in [0.2, 0.25) is 0 Å². The van der Waals surface area contributed by atoms with Crippen molar-refractivity contribution in [3.05, 3.63) is 41.6 Å². The minimum absolute atomic E-state index is 0.315. The van der Waals surface area contributed by atoms with Crippen LogP contribution in [0.1, 0.15) is 24.0 Å². The van der Waals surface area contributed by atoms with E-state index in [4.69, 9.17) is 14.0 Å². The molecule has 2 fully saturated rings. The van der Waals surface area contributed by atoms with Crippen molar-refractivity contribution in [2.45, 2.75) is 32.1 Å². The van der Waals surface area contributed by atoms with Crippen molar-refractivity contribution < 1.29 is 14.0 Å². The van der Waals surface area contributed by atoms with Crippen LogP contribution in [0.15, 0.2) is 35.0 Å². The third-order valence-corrected chi connectivity index (χ3v) is 4.75. The van der Waals surface area contributed by atoms with Crippen LogP contribution < -0.4 is 0 Å². The summed E-state index contributed by atoms with van der Waals surface area (Å²) < 4.78 is 17.1. The Hall–Kier alpha value is -1.69. The molecule has 0 atom stereocenters. The first-order chi connectivity index (χ1) is 11.2. The number of aryl methyl sites for hydroxylation is 1. The topological polar surface area (TPSA) is 47.7 Å². The highest BCUT2D eigenvalue weighted by atomic mass is 16.7. The number of ether oxygens (including phenoxy) is 2. The van der Waals surface area contributed by atoms with Crippen molar-refractivity contribution in [3.63, 3.8) is 0 Å². The van der Waals surface area contributed by atoms with E-state index < -0.39 is 0 Å². The van der Waals surface area contributed by atoms with Crippen molar-refractivity contribution in [2.24, 2.45) is 0 Å². The molecule has 1 aromatic carbocycles. The molecular formula is C18H22N2O3. The number of rotatable bonds is 3. The van der Waals surface area contributed by atoms with Gasteiger partial charge in [-0.2, -0.15) is 0 Å². The zero-order chi connectivity index (χ0) is 15.7. The van der Waals surface area contributed by atoms with E-state index in [1.54, 1.807) is 0 Å². The molecule has 1 aromatic heterocycles. The molecule has 0 N–H and O–H groups in total. The van der Waals surface area contributed by atoms with Gasteiger partial charge in [0.05, 0.1) is 19.4 Å². The highest BCUT2D eigenvalue weighted by Crippen LogP contribution is 2.33. The smallest absolute Gasteiger partial charge is 0.171 e. The maximum atomic E-state index is 5.79. The second kappa shape index (κ2) is 6.07. The summed E-state index contributed by atoms with van der Waals surface area (Å²) in [6.07, 6.45) is 3.70. The summed E-state index contributed by atoms with van der Waals surface area (Å²) in [6, 6.07) is 8.35. The molecule has 0 amide bonds. The van der Waals surface area contributed by atoms with Gasteiger partial charge in [-0.15, -0.1) is 0 Å². The number of nitrogens with zero attached hydrogens (tertiary/aromatic N) is 2. The van der Waals surface area contributed by atoms with E-state index in [-0.39, 0.29) is 5.79 Å². The third kappa shape index (κ3) is 3.04. The van der Waals surface area contributed by atoms with Crippen molar-refractivity contribution in [2.75, 3.05) is 26.3 Å². The summed E-state index contributed by atoms with van der Waals surface area (Å²) in [5.41, 5.74) is 3.45. The van der Waals surface area contributed by atoms with Crippen molar-refractivity contribution in [3.8, 4) is 11.3 Å². The first kappa shape index (κ1) is 14.9. The summed E-state index contributed by atoms with van der Waals surface area (Å²) in [7, 11) is 0. The summed E-state index contributed by atoms with van der Waals surface area (Å²) in [5.74, 6) is 0.562. The molecule has 23 heavy (non-hydrogen) atoms. The van der Waals surface area contributed by atoms with Crippen LogP contribution in [-0.2, 0) is 16.0 Å². The molecule has 2 saturated heterocycles. The molecule has 0 bridgehead atoms. The maximum absolute atomic E-state index is 5.79. The molecule has 2 aliphatic rings. The molecule has 0 aliphatic carbocycles. The lowest BCUT2D eigenvalue weighted by Crippen LogP contribution is -2.44. The Kier molecular flexibility index (Phi) is 3.93. The van der Waals surface area contributed by atoms with Gasteiger partial charge in [-0.3, -0.25) is 4.90 Å². The van der Waals surface area contributed by atoms with E-state index in [9.17, 15) is 0 Å². The van der Waals surface area contributed by atoms with E-state index in [2.05, 4.69) is 41.2 Å². The Bertz CT molecular complexity index is 666. The molecule has 0 unspecified atom stereocenters. The lowest BCUT2D eigenvalue weighted by atomic mass is 10.0. The van der Waals surface area contributed by atoms with Crippen molar-refractivity contribution in [1.82, 2.24) is 10.1 Å². The molecule has 5 nitrogen and oxygen atoms in total. The minimum Gasteiger partial charge on any atom is -0.356 e. The Labute approximate surface area is 136 Å². The molecule has 4 rings (SSSR count). The average molecular weight is 314 g/mol. The monoisotopic (exact) mass is 314 g/mol. The highest BCUT2D eigenvalue weighted by Gasteiger charge is 2.39. The Morgan fingerprint density at radius 2 is 1.96 bits per heavy atom. The number of benzene rings is 1.